The fourth-order valence-electron chi connectivity index (χ4n) is 3.99. The molecular weight excluding hydrogens is 295 g/mol. The van der Waals surface area contributed by atoms with Gasteiger partial charge in [-0.25, -0.2) is 9.37 Å². The monoisotopic (exact) mass is 316 g/mol. The number of halogens is 1. The number of aliphatic hydroxyl groups excluding tert-OH is 1. The van der Waals surface area contributed by atoms with E-state index in [2.05, 4.69) is 9.88 Å². The van der Waals surface area contributed by atoms with Gasteiger partial charge < -0.3 is 14.7 Å². The summed E-state index contributed by atoms with van der Waals surface area (Å²) in [5.41, 5.74) is 2.06. The molecule has 0 amide bonds. The number of β-amino-alcohol motifs (C(OH)–C–C–N with tert-alkyl or cyclic N) is 1. The highest BCUT2D eigenvalue weighted by Gasteiger charge is 2.47. The lowest BCUT2D eigenvalue weighted by Crippen LogP contribution is -2.39. The molecule has 23 heavy (non-hydrogen) atoms. The van der Waals surface area contributed by atoms with E-state index in [9.17, 15) is 9.50 Å². The third-order valence-corrected chi connectivity index (χ3v) is 5.33. The molecule has 1 aromatic carbocycles. The molecule has 2 fully saturated rings. The van der Waals surface area contributed by atoms with Crippen molar-refractivity contribution in [2.24, 2.45) is 5.41 Å². The fourth-order valence-corrected chi connectivity index (χ4v) is 3.99. The zero-order valence-electron chi connectivity index (χ0n) is 13.3. The smallest absolute Gasteiger partial charge is 0.149 e. The van der Waals surface area contributed by atoms with Gasteiger partial charge in [-0.15, -0.1) is 0 Å². The van der Waals surface area contributed by atoms with E-state index >= 15 is 0 Å². The van der Waals surface area contributed by atoms with Crippen LogP contribution in [-0.2, 0) is 4.74 Å². The number of fused-ring (bicyclic) bond motifs is 1. The molecule has 4 nitrogen and oxygen atoms in total. The van der Waals surface area contributed by atoms with Crippen molar-refractivity contribution in [3.05, 3.63) is 35.8 Å². The van der Waals surface area contributed by atoms with E-state index in [0.29, 0.717) is 25.3 Å². The van der Waals surface area contributed by atoms with E-state index in [-0.39, 0.29) is 17.3 Å². The van der Waals surface area contributed by atoms with Crippen molar-refractivity contribution in [2.45, 2.75) is 25.9 Å². The molecule has 3 heterocycles. The molecule has 122 valence electrons. The molecule has 2 aliphatic heterocycles. The Balaban J connectivity index is 1.77. The van der Waals surface area contributed by atoms with Crippen molar-refractivity contribution in [3.8, 4) is 0 Å². The van der Waals surface area contributed by atoms with Crippen molar-refractivity contribution in [1.82, 2.24) is 4.98 Å². The molecule has 2 aliphatic rings. The zero-order chi connectivity index (χ0) is 16.0. The lowest BCUT2D eigenvalue weighted by molar-refractivity contribution is -0.0334. The normalized spacial score (nSPS) is 23.8. The highest BCUT2D eigenvalue weighted by Crippen LogP contribution is 2.43. The number of ether oxygens (including phenoxy) is 1. The third kappa shape index (κ3) is 2.39. The van der Waals surface area contributed by atoms with E-state index in [1.165, 1.54) is 6.07 Å². The van der Waals surface area contributed by atoms with E-state index in [1.54, 1.807) is 6.07 Å². The standard InChI is InChI=1S/C18H21FN2O2/c1-12-9-15(13-3-2-4-14(19)17(13)20-12)21-10-16(22)18(11-21)5-7-23-8-6-18/h2-4,9,16,22H,5-8,10-11H2,1H3. The topological polar surface area (TPSA) is 45.6 Å². The van der Waals surface area contributed by atoms with Crippen LogP contribution in [0.25, 0.3) is 10.9 Å². The molecule has 4 rings (SSSR count). The Labute approximate surface area is 134 Å². The van der Waals surface area contributed by atoms with Gasteiger partial charge in [-0.3, -0.25) is 0 Å². The molecule has 0 bridgehead atoms. The number of nitrogens with zero attached hydrogens (tertiary/aromatic N) is 2. The molecule has 1 aromatic heterocycles. The number of pyridine rings is 1. The molecule has 2 aromatic rings. The van der Waals surface area contributed by atoms with E-state index in [4.69, 9.17) is 4.74 Å². The first-order chi connectivity index (χ1) is 11.1. The molecule has 5 heteroatoms. The Morgan fingerprint density at radius 1 is 1.35 bits per heavy atom. The van der Waals surface area contributed by atoms with Gasteiger partial charge in [0.1, 0.15) is 11.3 Å². The lowest BCUT2D eigenvalue weighted by atomic mass is 9.77. The number of hydrogen-bond donors (Lipinski definition) is 1. The maximum absolute atomic E-state index is 14.1. The average Bonchev–Trinajstić information content (AvgIpc) is 2.85. The van der Waals surface area contributed by atoms with Gasteiger partial charge in [0.05, 0.1) is 6.10 Å². The summed E-state index contributed by atoms with van der Waals surface area (Å²) in [7, 11) is 0. The number of aryl methyl sites for hydroxylation is 1. The summed E-state index contributed by atoms with van der Waals surface area (Å²) in [6, 6.07) is 7.06. The highest BCUT2D eigenvalue weighted by molar-refractivity contribution is 5.92. The molecule has 1 unspecified atom stereocenters. The summed E-state index contributed by atoms with van der Waals surface area (Å²) in [4.78, 5) is 6.53. The molecule has 2 saturated heterocycles. The Hall–Kier alpha value is -1.72. The summed E-state index contributed by atoms with van der Waals surface area (Å²) in [5, 5.41) is 11.5. The second-order valence-corrected chi connectivity index (χ2v) is 6.79. The second kappa shape index (κ2) is 5.42. The Bertz CT molecular complexity index is 743. The minimum absolute atomic E-state index is 0.102. The summed E-state index contributed by atoms with van der Waals surface area (Å²) >= 11 is 0. The molecule has 1 N–H and O–H groups in total. The lowest BCUT2D eigenvalue weighted by Gasteiger charge is -2.35. The number of benzene rings is 1. The molecule has 1 atom stereocenters. The number of aromatic nitrogens is 1. The number of rotatable bonds is 1. The summed E-state index contributed by atoms with van der Waals surface area (Å²) in [5.74, 6) is -0.298. The summed E-state index contributed by atoms with van der Waals surface area (Å²) in [6.07, 6.45) is 1.38. The van der Waals surface area contributed by atoms with Gasteiger partial charge in [-0.2, -0.15) is 0 Å². The second-order valence-electron chi connectivity index (χ2n) is 6.79. The van der Waals surface area contributed by atoms with Gasteiger partial charge in [0.2, 0.25) is 0 Å². The van der Waals surface area contributed by atoms with Crippen LogP contribution < -0.4 is 4.90 Å². The van der Waals surface area contributed by atoms with Crippen molar-refractivity contribution >= 4 is 16.6 Å². The Morgan fingerprint density at radius 2 is 2.13 bits per heavy atom. The SMILES string of the molecule is Cc1cc(N2CC(O)C3(CCOCC3)C2)c2cccc(F)c2n1. The van der Waals surface area contributed by atoms with Gasteiger partial charge >= 0.3 is 0 Å². The van der Waals surface area contributed by atoms with E-state index in [1.807, 2.05) is 19.1 Å². The van der Waals surface area contributed by atoms with Crippen LogP contribution in [0.5, 0.6) is 0 Å². The van der Waals surface area contributed by atoms with Crippen LogP contribution in [-0.4, -0.2) is 42.5 Å². The van der Waals surface area contributed by atoms with Gasteiger partial charge in [0.25, 0.3) is 0 Å². The number of hydrogen-bond acceptors (Lipinski definition) is 4. The maximum Gasteiger partial charge on any atom is 0.149 e. The predicted molar refractivity (Wildman–Crippen MR) is 87.1 cm³/mol. The van der Waals surface area contributed by atoms with Gasteiger partial charge in [0.15, 0.2) is 0 Å². The summed E-state index contributed by atoms with van der Waals surface area (Å²) in [6.45, 7) is 4.65. The van der Waals surface area contributed by atoms with Crippen LogP contribution in [0.15, 0.2) is 24.3 Å². The van der Waals surface area contributed by atoms with Crippen LogP contribution in [0.4, 0.5) is 10.1 Å². The van der Waals surface area contributed by atoms with Crippen molar-refractivity contribution in [3.63, 3.8) is 0 Å². The van der Waals surface area contributed by atoms with Crippen molar-refractivity contribution < 1.29 is 14.2 Å². The first kappa shape index (κ1) is 14.8. The summed E-state index contributed by atoms with van der Waals surface area (Å²) < 4.78 is 19.6. The molecular formula is C18H21FN2O2. The first-order valence-corrected chi connectivity index (χ1v) is 8.16. The molecule has 0 aliphatic carbocycles. The quantitative estimate of drug-likeness (QED) is 0.878. The fraction of sp³-hybridized carbons (Fsp3) is 0.500. The van der Waals surface area contributed by atoms with Crippen LogP contribution in [0.3, 0.4) is 0 Å². The van der Waals surface area contributed by atoms with Crippen LogP contribution in [0, 0.1) is 18.2 Å². The van der Waals surface area contributed by atoms with Gasteiger partial charge in [-0.1, -0.05) is 12.1 Å². The van der Waals surface area contributed by atoms with Crippen LogP contribution in [0.1, 0.15) is 18.5 Å². The number of aliphatic hydroxyl groups is 1. The number of anilines is 1. The third-order valence-electron chi connectivity index (χ3n) is 5.33. The Kier molecular flexibility index (Phi) is 3.50. The van der Waals surface area contributed by atoms with Crippen molar-refractivity contribution in [2.75, 3.05) is 31.2 Å². The van der Waals surface area contributed by atoms with Crippen molar-refractivity contribution in [1.29, 1.82) is 0 Å². The van der Waals surface area contributed by atoms with Crippen LogP contribution in [0.2, 0.25) is 0 Å². The molecule has 1 spiro atoms. The zero-order valence-corrected chi connectivity index (χ0v) is 13.3. The minimum atomic E-state index is -0.372. The predicted octanol–water partition coefficient (Wildman–Crippen LogP) is 2.66. The molecule has 0 radical (unpaired) electrons. The minimum Gasteiger partial charge on any atom is -0.391 e. The van der Waals surface area contributed by atoms with Gasteiger partial charge in [-0.05, 0) is 31.9 Å². The largest absolute Gasteiger partial charge is 0.391 e. The Morgan fingerprint density at radius 3 is 2.91 bits per heavy atom. The van der Waals surface area contributed by atoms with E-state index in [0.717, 1.165) is 36.2 Å². The van der Waals surface area contributed by atoms with Crippen LogP contribution >= 0.6 is 0 Å². The number of para-hydroxylation sites is 1. The maximum atomic E-state index is 14.1. The highest BCUT2D eigenvalue weighted by atomic mass is 19.1. The average molecular weight is 316 g/mol. The first-order valence-electron chi connectivity index (χ1n) is 8.16. The molecule has 0 saturated carbocycles. The van der Waals surface area contributed by atoms with Gasteiger partial charge in [0, 0.05) is 48.5 Å². The van der Waals surface area contributed by atoms with E-state index < -0.39 is 0 Å².